The van der Waals surface area contributed by atoms with E-state index in [0.29, 0.717) is 0 Å². The summed E-state index contributed by atoms with van der Waals surface area (Å²) in [7, 11) is -4.51. The molecule has 0 saturated carbocycles. The van der Waals surface area contributed by atoms with Crippen molar-refractivity contribution in [3.8, 4) is 0 Å². The van der Waals surface area contributed by atoms with Crippen LogP contribution in [0.15, 0.2) is 29.2 Å². The molecule has 0 bridgehead atoms. The molecule has 1 aliphatic heterocycles. The van der Waals surface area contributed by atoms with E-state index in [9.17, 15) is 17.2 Å². The van der Waals surface area contributed by atoms with Gasteiger partial charge in [-0.15, -0.1) is 0 Å². The second-order valence-electron chi connectivity index (χ2n) is 5.74. The SMILES string of the molecule is CC1(CNc2ccc(S(=O)(=O)C(F)F)cc2)CCNCC1. The van der Waals surface area contributed by atoms with E-state index in [-0.39, 0.29) is 10.3 Å². The van der Waals surface area contributed by atoms with Crippen LogP contribution in [0.1, 0.15) is 19.8 Å². The van der Waals surface area contributed by atoms with Crippen LogP contribution < -0.4 is 10.6 Å². The van der Waals surface area contributed by atoms with Crippen LogP contribution in [-0.2, 0) is 9.84 Å². The highest BCUT2D eigenvalue weighted by atomic mass is 32.2. The highest BCUT2D eigenvalue weighted by molar-refractivity contribution is 7.91. The molecule has 118 valence electrons. The summed E-state index contributed by atoms with van der Waals surface area (Å²) in [5, 5.41) is 6.56. The first-order valence-corrected chi connectivity index (χ1v) is 8.45. The van der Waals surface area contributed by atoms with Crippen molar-refractivity contribution < 1.29 is 17.2 Å². The van der Waals surface area contributed by atoms with Gasteiger partial charge in [0.05, 0.1) is 4.90 Å². The Labute approximate surface area is 123 Å². The van der Waals surface area contributed by atoms with E-state index in [4.69, 9.17) is 0 Å². The maximum Gasteiger partial charge on any atom is 0.341 e. The third kappa shape index (κ3) is 3.91. The Kier molecular flexibility index (Phi) is 4.83. The zero-order chi connectivity index (χ0) is 15.5. The van der Waals surface area contributed by atoms with Crippen LogP contribution in [0, 0.1) is 5.41 Å². The Morgan fingerprint density at radius 2 is 1.81 bits per heavy atom. The first-order chi connectivity index (χ1) is 9.83. The van der Waals surface area contributed by atoms with Gasteiger partial charge in [-0.05, 0) is 55.6 Å². The molecular weight excluding hydrogens is 298 g/mol. The van der Waals surface area contributed by atoms with Gasteiger partial charge in [-0.3, -0.25) is 0 Å². The molecule has 0 unspecified atom stereocenters. The number of nitrogens with one attached hydrogen (secondary N) is 2. The minimum absolute atomic E-state index is 0.193. The number of hydrogen-bond acceptors (Lipinski definition) is 4. The van der Waals surface area contributed by atoms with Gasteiger partial charge in [0, 0.05) is 12.2 Å². The molecule has 0 atom stereocenters. The normalized spacial score (nSPS) is 18.7. The van der Waals surface area contributed by atoms with Crippen LogP contribution in [0.5, 0.6) is 0 Å². The molecule has 1 aliphatic rings. The lowest BCUT2D eigenvalue weighted by Crippen LogP contribution is -2.39. The summed E-state index contributed by atoms with van der Waals surface area (Å²) >= 11 is 0. The number of anilines is 1. The van der Waals surface area contributed by atoms with Crippen molar-refractivity contribution in [2.45, 2.75) is 30.4 Å². The number of halogens is 2. The van der Waals surface area contributed by atoms with Crippen LogP contribution in [0.2, 0.25) is 0 Å². The Hall–Kier alpha value is -1.21. The molecule has 0 amide bonds. The van der Waals surface area contributed by atoms with E-state index >= 15 is 0 Å². The van der Waals surface area contributed by atoms with Crippen LogP contribution in [-0.4, -0.2) is 33.8 Å². The Bertz CT molecular complexity index is 567. The molecule has 7 heteroatoms. The van der Waals surface area contributed by atoms with Gasteiger partial charge in [0.25, 0.3) is 0 Å². The second kappa shape index (κ2) is 6.27. The molecule has 0 aromatic heterocycles. The van der Waals surface area contributed by atoms with E-state index in [1.165, 1.54) is 24.3 Å². The number of piperidine rings is 1. The lowest BCUT2D eigenvalue weighted by Gasteiger charge is -2.34. The Balaban J connectivity index is 2.00. The molecule has 21 heavy (non-hydrogen) atoms. The molecule has 2 N–H and O–H groups in total. The Morgan fingerprint density at radius 1 is 1.24 bits per heavy atom. The van der Waals surface area contributed by atoms with Gasteiger partial charge < -0.3 is 10.6 Å². The Morgan fingerprint density at radius 3 is 2.33 bits per heavy atom. The van der Waals surface area contributed by atoms with Gasteiger partial charge in [0.2, 0.25) is 9.84 Å². The molecule has 1 saturated heterocycles. The van der Waals surface area contributed by atoms with Crippen molar-refractivity contribution in [1.29, 1.82) is 0 Å². The maximum absolute atomic E-state index is 12.4. The lowest BCUT2D eigenvalue weighted by molar-refractivity contribution is 0.234. The summed E-state index contributed by atoms with van der Waals surface area (Å²) in [5.41, 5.74) is 0.932. The predicted octanol–water partition coefficient (Wildman–Crippen LogP) is 2.48. The molecule has 4 nitrogen and oxygen atoms in total. The standard InChI is InChI=1S/C14H20F2N2O2S/c1-14(6-8-17-9-7-14)10-18-11-2-4-12(5-3-11)21(19,20)13(15)16/h2-5,13,17-18H,6-10H2,1H3. The molecule has 2 rings (SSSR count). The molecule has 1 fully saturated rings. The van der Waals surface area contributed by atoms with Crippen molar-refractivity contribution in [2.24, 2.45) is 5.41 Å². The van der Waals surface area contributed by atoms with E-state index in [0.717, 1.165) is 38.2 Å². The summed E-state index contributed by atoms with van der Waals surface area (Å²) in [6.45, 7) is 4.96. The van der Waals surface area contributed by atoms with Gasteiger partial charge in [0.1, 0.15) is 0 Å². The molecule has 0 spiro atoms. The number of benzene rings is 1. The van der Waals surface area contributed by atoms with E-state index < -0.39 is 15.6 Å². The summed E-state index contributed by atoms with van der Waals surface area (Å²) in [4.78, 5) is -0.351. The van der Waals surface area contributed by atoms with Gasteiger partial charge in [0.15, 0.2) is 0 Å². The van der Waals surface area contributed by atoms with Crippen molar-refractivity contribution in [1.82, 2.24) is 5.32 Å². The topological polar surface area (TPSA) is 58.2 Å². The van der Waals surface area contributed by atoms with Crippen molar-refractivity contribution in [3.05, 3.63) is 24.3 Å². The molecule has 1 heterocycles. The van der Waals surface area contributed by atoms with Crippen LogP contribution in [0.25, 0.3) is 0 Å². The highest BCUT2D eigenvalue weighted by Crippen LogP contribution is 2.28. The lowest BCUT2D eigenvalue weighted by atomic mass is 9.81. The fourth-order valence-electron chi connectivity index (χ4n) is 2.39. The van der Waals surface area contributed by atoms with Gasteiger partial charge in [-0.25, -0.2) is 8.42 Å². The van der Waals surface area contributed by atoms with E-state index in [1.807, 2.05) is 0 Å². The maximum atomic E-state index is 12.4. The summed E-state index contributed by atoms with van der Waals surface area (Å²) in [6, 6.07) is 5.49. The minimum Gasteiger partial charge on any atom is -0.384 e. The fraction of sp³-hybridized carbons (Fsp3) is 0.571. The third-order valence-corrected chi connectivity index (χ3v) is 5.35. The highest BCUT2D eigenvalue weighted by Gasteiger charge is 2.27. The first-order valence-electron chi connectivity index (χ1n) is 6.90. The number of rotatable bonds is 5. The molecule has 1 aromatic carbocycles. The summed E-state index contributed by atoms with van der Waals surface area (Å²) < 4.78 is 47.5. The van der Waals surface area contributed by atoms with Crippen molar-refractivity contribution >= 4 is 15.5 Å². The first kappa shape index (κ1) is 16.2. The van der Waals surface area contributed by atoms with E-state index in [2.05, 4.69) is 17.6 Å². The molecule has 0 aliphatic carbocycles. The van der Waals surface area contributed by atoms with Crippen LogP contribution in [0.4, 0.5) is 14.5 Å². The zero-order valence-electron chi connectivity index (χ0n) is 11.9. The quantitative estimate of drug-likeness (QED) is 0.876. The predicted molar refractivity (Wildman–Crippen MR) is 78.3 cm³/mol. The molecular formula is C14H20F2N2O2S. The number of sulfone groups is 1. The smallest absolute Gasteiger partial charge is 0.341 e. The second-order valence-corrected chi connectivity index (χ2v) is 7.66. The van der Waals surface area contributed by atoms with Gasteiger partial charge in [-0.1, -0.05) is 6.92 Å². The summed E-state index contributed by atoms with van der Waals surface area (Å²) in [6.07, 6.45) is 2.13. The van der Waals surface area contributed by atoms with Gasteiger partial charge in [-0.2, -0.15) is 8.78 Å². The summed E-state index contributed by atoms with van der Waals surface area (Å²) in [5.74, 6) is -3.38. The van der Waals surface area contributed by atoms with Gasteiger partial charge >= 0.3 is 5.76 Å². The third-order valence-electron chi connectivity index (χ3n) is 3.95. The molecule has 1 aromatic rings. The van der Waals surface area contributed by atoms with Crippen molar-refractivity contribution in [3.63, 3.8) is 0 Å². The van der Waals surface area contributed by atoms with Crippen molar-refractivity contribution in [2.75, 3.05) is 25.0 Å². The van der Waals surface area contributed by atoms with Crippen LogP contribution >= 0.6 is 0 Å². The molecule has 0 radical (unpaired) electrons. The average molecular weight is 318 g/mol. The minimum atomic E-state index is -4.51. The number of alkyl halides is 2. The zero-order valence-corrected chi connectivity index (χ0v) is 12.7. The largest absolute Gasteiger partial charge is 0.384 e. The monoisotopic (exact) mass is 318 g/mol. The average Bonchev–Trinajstić information content (AvgIpc) is 2.46. The fourth-order valence-corrected chi connectivity index (χ4v) is 3.11. The number of hydrogen-bond donors (Lipinski definition) is 2. The van der Waals surface area contributed by atoms with E-state index in [1.54, 1.807) is 0 Å². The van der Waals surface area contributed by atoms with Crippen LogP contribution in [0.3, 0.4) is 0 Å².